The van der Waals surface area contributed by atoms with Gasteiger partial charge in [-0.05, 0) is 86.8 Å². The van der Waals surface area contributed by atoms with Crippen molar-refractivity contribution in [2.24, 2.45) is 11.8 Å². The minimum absolute atomic E-state index is 0.0104. The van der Waals surface area contributed by atoms with Crippen molar-refractivity contribution in [2.75, 3.05) is 6.23 Å². The first-order valence-corrected chi connectivity index (χ1v) is 14.0. The van der Waals surface area contributed by atoms with Gasteiger partial charge in [0.25, 0.3) is 0 Å². The van der Waals surface area contributed by atoms with Gasteiger partial charge >= 0.3 is 6.18 Å². The van der Waals surface area contributed by atoms with Crippen molar-refractivity contribution >= 4 is 9.52 Å². The lowest BCUT2D eigenvalue weighted by Crippen LogP contribution is -2.24. The van der Waals surface area contributed by atoms with E-state index >= 15 is 0 Å². The highest BCUT2D eigenvalue weighted by atomic mass is 28.2. The van der Waals surface area contributed by atoms with Crippen molar-refractivity contribution in [3.05, 3.63) is 34.9 Å². The lowest BCUT2D eigenvalue weighted by atomic mass is 9.75. The van der Waals surface area contributed by atoms with Gasteiger partial charge in [0.2, 0.25) is 0 Å². The van der Waals surface area contributed by atoms with Crippen molar-refractivity contribution in [2.45, 2.75) is 95.4 Å². The second-order valence-corrected chi connectivity index (χ2v) is 11.6. The van der Waals surface area contributed by atoms with Gasteiger partial charge in [0.05, 0.1) is 15.6 Å². The molecule has 2 aliphatic rings. The summed E-state index contributed by atoms with van der Waals surface area (Å²) in [7, 11) is -0.0104. The average Bonchev–Trinajstić information content (AvgIpc) is 2.72. The molecule has 0 bridgehead atoms. The van der Waals surface area contributed by atoms with Gasteiger partial charge < -0.3 is 4.74 Å². The molecule has 31 heavy (non-hydrogen) atoms. The van der Waals surface area contributed by atoms with E-state index in [0.717, 1.165) is 50.0 Å². The Balaban J connectivity index is 1.41. The van der Waals surface area contributed by atoms with Crippen molar-refractivity contribution in [3.63, 3.8) is 0 Å². The van der Waals surface area contributed by atoms with E-state index in [1.165, 1.54) is 44.6 Å². The SMILES string of the molecule is CC[SiH2]COC1CCC(CCC2CCC(c3cc(F)c(C(F)(F)F)c(F)c3)CC2)CC1. The molecule has 0 unspecified atom stereocenters. The van der Waals surface area contributed by atoms with Crippen LogP contribution in [0, 0.1) is 23.5 Å². The number of rotatable bonds is 8. The fourth-order valence-electron chi connectivity index (χ4n) is 5.34. The molecule has 176 valence electrons. The Hall–Kier alpha value is -0.953. The molecule has 2 fully saturated rings. The lowest BCUT2D eigenvalue weighted by molar-refractivity contribution is -0.142. The molecule has 0 N–H and O–H groups in total. The first kappa shape index (κ1) is 24.7. The molecule has 0 aromatic heterocycles. The third-order valence-corrected chi connectivity index (χ3v) is 8.53. The molecule has 1 nitrogen and oxygen atoms in total. The molecule has 7 heteroatoms. The number of ether oxygens (including phenoxy) is 1. The molecule has 3 rings (SSSR count). The number of benzene rings is 1. The number of halogens is 5. The summed E-state index contributed by atoms with van der Waals surface area (Å²) in [4.78, 5) is 0. The van der Waals surface area contributed by atoms with Crippen LogP contribution < -0.4 is 0 Å². The standard InChI is InChI=1S/C24H35F5OSi/c1-2-31-15-30-20-11-7-17(8-12-20)4-3-16-5-9-18(10-6-16)19-13-21(25)23(22(26)14-19)24(27,28)29/h13-14,16-18,20H,2-12,15,31H2,1H3. The van der Waals surface area contributed by atoms with Gasteiger partial charge in [-0.15, -0.1) is 0 Å². The van der Waals surface area contributed by atoms with Crippen LogP contribution in [-0.2, 0) is 10.9 Å². The molecular formula is C24H35F5OSi. The maximum atomic E-state index is 13.9. The molecule has 0 heterocycles. The fraction of sp³-hybridized carbons (Fsp3) is 0.750. The normalized spacial score (nSPS) is 27.8. The first-order chi connectivity index (χ1) is 14.8. The minimum atomic E-state index is -5.01. The number of alkyl halides is 3. The summed E-state index contributed by atoms with van der Waals surface area (Å²) >= 11 is 0. The first-order valence-electron chi connectivity index (χ1n) is 12.0. The van der Waals surface area contributed by atoms with Crippen molar-refractivity contribution in [1.82, 2.24) is 0 Å². The maximum Gasteiger partial charge on any atom is 0.422 e. The topological polar surface area (TPSA) is 9.23 Å². The highest BCUT2D eigenvalue weighted by Crippen LogP contribution is 2.41. The monoisotopic (exact) mass is 462 g/mol. The highest BCUT2D eigenvalue weighted by Gasteiger charge is 2.38. The van der Waals surface area contributed by atoms with Crippen molar-refractivity contribution < 1.29 is 26.7 Å². The molecule has 0 spiro atoms. The molecule has 0 amide bonds. The average molecular weight is 463 g/mol. The van der Waals surface area contributed by atoms with Crippen LogP contribution in [0.5, 0.6) is 0 Å². The van der Waals surface area contributed by atoms with E-state index in [4.69, 9.17) is 4.74 Å². The fourth-order valence-corrected chi connectivity index (χ4v) is 6.13. The summed E-state index contributed by atoms with van der Waals surface area (Å²) in [6, 6.07) is 3.08. The quantitative estimate of drug-likeness (QED) is 0.226. The molecule has 2 saturated carbocycles. The zero-order valence-electron chi connectivity index (χ0n) is 18.5. The van der Waals surface area contributed by atoms with Crippen LogP contribution in [0.25, 0.3) is 0 Å². The number of hydrogen-bond acceptors (Lipinski definition) is 1. The summed E-state index contributed by atoms with van der Waals surface area (Å²) in [5, 5.41) is 0. The van der Waals surface area contributed by atoms with E-state index in [1.54, 1.807) is 0 Å². The molecule has 0 saturated heterocycles. The van der Waals surface area contributed by atoms with E-state index in [-0.39, 0.29) is 15.4 Å². The third kappa shape index (κ3) is 7.01. The molecule has 0 atom stereocenters. The minimum Gasteiger partial charge on any atom is -0.382 e. The van der Waals surface area contributed by atoms with Gasteiger partial charge in [-0.2, -0.15) is 13.2 Å². The van der Waals surface area contributed by atoms with E-state index in [9.17, 15) is 22.0 Å². The maximum absolute atomic E-state index is 13.9. The summed E-state index contributed by atoms with van der Waals surface area (Å²) in [6.07, 6.45) is 7.29. The van der Waals surface area contributed by atoms with E-state index in [2.05, 4.69) is 6.92 Å². The lowest BCUT2D eigenvalue weighted by Gasteiger charge is -2.32. The van der Waals surface area contributed by atoms with Crippen molar-refractivity contribution in [1.29, 1.82) is 0 Å². The van der Waals surface area contributed by atoms with Crippen LogP contribution in [-0.4, -0.2) is 21.9 Å². The van der Waals surface area contributed by atoms with Crippen LogP contribution in [0.15, 0.2) is 12.1 Å². The summed E-state index contributed by atoms with van der Waals surface area (Å²) in [5.41, 5.74) is -1.41. The summed E-state index contributed by atoms with van der Waals surface area (Å²) in [5.74, 6) is -1.66. The van der Waals surface area contributed by atoms with Gasteiger partial charge in [0.1, 0.15) is 17.2 Å². The van der Waals surface area contributed by atoms with Crippen molar-refractivity contribution in [3.8, 4) is 0 Å². The zero-order valence-corrected chi connectivity index (χ0v) is 19.9. The van der Waals surface area contributed by atoms with Crippen LogP contribution in [0.2, 0.25) is 6.04 Å². The molecule has 1 aromatic rings. The van der Waals surface area contributed by atoms with E-state index < -0.39 is 23.4 Å². The number of hydrogen-bond donors (Lipinski definition) is 0. The van der Waals surface area contributed by atoms with Gasteiger partial charge in [-0.3, -0.25) is 0 Å². The van der Waals surface area contributed by atoms with E-state index in [0.29, 0.717) is 17.6 Å². The predicted molar refractivity (Wildman–Crippen MR) is 116 cm³/mol. The molecule has 1 aromatic carbocycles. The van der Waals surface area contributed by atoms with Crippen LogP contribution >= 0.6 is 0 Å². The van der Waals surface area contributed by atoms with E-state index in [1.807, 2.05) is 0 Å². The molecule has 0 radical (unpaired) electrons. The zero-order chi connectivity index (χ0) is 22.4. The highest BCUT2D eigenvalue weighted by molar-refractivity contribution is 6.34. The molecular weight excluding hydrogens is 427 g/mol. The Kier molecular flexibility index (Phi) is 8.97. The Morgan fingerprint density at radius 3 is 1.87 bits per heavy atom. The summed E-state index contributed by atoms with van der Waals surface area (Å²) < 4.78 is 72.2. The van der Waals surface area contributed by atoms with Crippen LogP contribution in [0.1, 0.15) is 88.2 Å². The second-order valence-electron chi connectivity index (χ2n) is 9.52. The van der Waals surface area contributed by atoms with Gasteiger partial charge in [0.15, 0.2) is 0 Å². The Morgan fingerprint density at radius 2 is 1.39 bits per heavy atom. The Bertz CT molecular complexity index is 669. The van der Waals surface area contributed by atoms with Gasteiger partial charge in [-0.1, -0.05) is 25.8 Å². The van der Waals surface area contributed by atoms with Gasteiger partial charge in [0, 0.05) is 6.23 Å². The summed E-state index contributed by atoms with van der Waals surface area (Å²) in [6.45, 7) is 2.24. The third-order valence-electron chi connectivity index (χ3n) is 7.29. The van der Waals surface area contributed by atoms with Gasteiger partial charge in [-0.25, -0.2) is 8.78 Å². The predicted octanol–water partition coefficient (Wildman–Crippen LogP) is 7.18. The largest absolute Gasteiger partial charge is 0.422 e. The Morgan fingerprint density at radius 1 is 0.871 bits per heavy atom. The smallest absolute Gasteiger partial charge is 0.382 e. The van der Waals surface area contributed by atoms with Crippen LogP contribution in [0.4, 0.5) is 22.0 Å². The second kappa shape index (κ2) is 11.3. The Labute approximate surface area is 185 Å². The molecule has 0 aliphatic heterocycles. The van der Waals surface area contributed by atoms with Crippen LogP contribution in [0.3, 0.4) is 0 Å². The molecule has 2 aliphatic carbocycles.